The van der Waals surface area contributed by atoms with Crippen molar-refractivity contribution in [2.75, 3.05) is 59.0 Å². The number of likely N-dealkylation sites (tertiary alicyclic amines) is 1. The summed E-state index contributed by atoms with van der Waals surface area (Å²) in [6.07, 6.45) is 2.67. The zero-order valence-electron chi connectivity index (χ0n) is 23.9. The number of carbonyl (C=O) groups excluding carboxylic acids is 3. The van der Waals surface area contributed by atoms with Gasteiger partial charge in [0.15, 0.2) is 11.5 Å². The van der Waals surface area contributed by atoms with Crippen LogP contribution in [-0.2, 0) is 36.9 Å². The number of amides is 3. The molecule has 2 heterocycles. The van der Waals surface area contributed by atoms with Gasteiger partial charge in [-0.3, -0.25) is 14.4 Å². The number of aryl methyl sites for hydroxylation is 1. The van der Waals surface area contributed by atoms with E-state index in [2.05, 4.69) is 5.32 Å². The highest BCUT2D eigenvalue weighted by Crippen LogP contribution is 2.33. The van der Waals surface area contributed by atoms with Gasteiger partial charge in [0.25, 0.3) is 0 Å². The fraction of sp³-hybridized carbons (Fsp3) is 0.500. The lowest BCUT2D eigenvalue weighted by Gasteiger charge is -2.25. The highest BCUT2D eigenvalue weighted by molar-refractivity contribution is 7.98. The summed E-state index contributed by atoms with van der Waals surface area (Å²) in [7, 11) is 3.14. The first-order valence-corrected chi connectivity index (χ1v) is 15.2. The molecule has 0 saturated carbocycles. The topological polar surface area (TPSA) is 107 Å². The number of hydrogen-bond acceptors (Lipinski definition) is 8. The molecule has 4 rings (SSSR count). The van der Waals surface area contributed by atoms with Gasteiger partial charge in [-0.05, 0) is 48.1 Å². The van der Waals surface area contributed by atoms with Crippen molar-refractivity contribution < 1.29 is 33.3 Å². The van der Waals surface area contributed by atoms with Crippen molar-refractivity contribution in [3.8, 4) is 17.2 Å². The van der Waals surface area contributed by atoms with Crippen molar-refractivity contribution in [3.05, 3.63) is 53.6 Å². The van der Waals surface area contributed by atoms with Gasteiger partial charge in [0.05, 0.1) is 39.0 Å². The van der Waals surface area contributed by atoms with E-state index < -0.39 is 12.1 Å². The van der Waals surface area contributed by atoms with E-state index in [1.807, 2.05) is 48.7 Å². The molecular formula is C30H39N3O7S. The Hall–Kier alpha value is -3.28. The Kier molecular flexibility index (Phi) is 11.3. The van der Waals surface area contributed by atoms with Crippen molar-refractivity contribution >= 4 is 29.5 Å². The predicted octanol–water partition coefficient (Wildman–Crippen LogP) is 2.87. The number of nitrogens with one attached hydrogen (secondary N) is 1. The van der Waals surface area contributed by atoms with Crippen LogP contribution in [0.15, 0.2) is 42.5 Å². The Morgan fingerprint density at radius 3 is 2.73 bits per heavy atom. The van der Waals surface area contributed by atoms with Crippen LogP contribution in [0.2, 0.25) is 0 Å². The van der Waals surface area contributed by atoms with Gasteiger partial charge in [-0.2, -0.15) is 11.8 Å². The van der Waals surface area contributed by atoms with Crippen LogP contribution in [0.1, 0.15) is 24.0 Å². The third-order valence-corrected chi connectivity index (χ3v) is 7.80. The fourth-order valence-corrected chi connectivity index (χ4v) is 5.33. The van der Waals surface area contributed by atoms with Crippen LogP contribution in [0.4, 0.5) is 0 Å². The standard InChI is InChI=1S/C30H39N3O7S/c1-37-13-12-32-19-28(34)31-24-17-33(30(36)11-14-41-3)18-27(24)39-20-22-5-4-6-23(15-22)40-26-16-21(8-10-29(32)35)7-9-25(26)38-2/h4-7,9,15-16,24,27H,8,10-14,17-20H2,1-3H3,(H,31,34)/t24-,27-/m0/s1. The van der Waals surface area contributed by atoms with Crippen molar-refractivity contribution in [3.63, 3.8) is 0 Å². The van der Waals surface area contributed by atoms with Crippen molar-refractivity contribution in [1.82, 2.24) is 15.1 Å². The quantitative estimate of drug-likeness (QED) is 0.529. The van der Waals surface area contributed by atoms with Crippen LogP contribution in [0.25, 0.3) is 0 Å². The summed E-state index contributed by atoms with van der Waals surface area (Å²) in [6.45, 7) is 1.50. The van der Waals surface area contributed by atoms with E-state index in [1.54, 1.807) is 30.9 Å². The maximum atomic E-state index is 13.2. The second-order valence-corrected chi connectivity index (χ2v) is 11.1. The summed E-state index contributed by atoms with van der Waals surface area (Å²) in [5.41, 5.74) is 1.80. The number of thioether (sulfide) groups is 1. The first kappa shape index (κ1) is 30.7. The van der Waals surface area contributed by atoms with E-state index >= 15 is 0 Å². The smallest absolute Gasteiger partial charge is 0.239 e. The van der Waals surface area contributed by atoms with Gasteiger partial charge in [-0.25, -0.2) is 0 Å². The number of fused-ring (bicyclic) bond motifs is 5. The van der Waals surface area contributed by atoms with Crippen LogP contribution in [0.5, 0.6) is 17.2 Å². The molecule has 1 fully saturated rings. The van der Waals surface area contributed by atoms with E-state index in [-0.39, 0.29) is 43.8 Å². The molecule has 2 atom stereocenters. The summed E-state index contributed by atoms with van der Waals surface area (Å²) < 4.78 is 23.2. The minimum atomic E-state index is -0.402. The predicted molar refractivity (Wildman–Crippen MR) is 156 cm³/mol. The molecule has 0 unspecified atom stereocenters. The van der Waals surface area contributed by atoms with Crippen LogP contribution in [0.3, 0.4) is 0 Å². The lowest BCUT2D eigenvalue weighted by molar-refractivity contribution is -0.137. The maximum Gasteiger partial charge on any atom is 0.239 e. The van der Waals surface area contributed by atoms with Crippen LogP contribution in [-0.4, -0.2) is 98.7 Å². The minimum Gasteiger partial charge on any atom is -0.493 e. The van der Waals surface area contributed by atoms with Crippen LogP contribution in [0, 0.1) is 0 Å². The first-order valence-electron chi connectivity index (χ1n) is 13.8. The Morgan fingerprint density at radius 1 is 1.10 bits per heavy atom. The highest BCUT2D eigenvalue weighted by atomic mass is 32.2. The van der Waals surface area contributed by atoms with Gasteiger partial charge >= 0.3 is 0 Å². The van der Waals surface area contributed by atoms with Gasteiger partial charge in [0, 0.05) is 45.3 Å². The first-order chi connectivity index (χ1) is 19.9. The molecular weight excluding hydrogens is 546 g/mol. The van der Waals surface area contributed by atoms with Crippen LogP contribution >= 0.6 is 11.8 Å². The summed E-state index contributed by atoms with van der Waals surface area (Å²) in [4.78, 5) is 42.5. The van der Waals surface area contributed by atoms with Gasteiger partial charge < -0.3 is 34.1 Å². The largest absolute Gasteiger partial charge is 0.493 e. The Morgan fingerprint density at radius 2 is 1.95 bits per heavy atom. The number of rotatable bonds is 7. The maximum absolute atomic E-state index is 13.2. The molecule has 2 aliphatic rings. The average molecular weight is 586 g/mol. The molecule has 1 saturated heterocycles. The molecule has 2 aromatic carbocycles. The van der Waals surface area contributed by atoms with E-state index in [0.717, 1.165) is 16.9 Å². The number of nitrogens with zero attached hydrogens (tertiary/aromatic N) is 2. The molecule has 2 aliphatic heterocycles. The third-order valence-electron chi connectivity index (χ3n) is 7.18. The van der Waals surface area contributed by atoms with Crippen molar-refractivity contribution in [1.29, 1.82) is 0 Å². The van der Waals surface area contributed by atoms with Gasteiger partial charge in [-0.1, -0.05) is 18.2 Å². The lowest BCUT2D eigenvalue weighted by Crippen LogP contribution is -2.49. The lowest BCUT2D eigenvalue weighted by atomic mass is 10.1. The molecule has 0 spiro atoms. The normalized spacial score (nSPS) is 20.0. The molecule has 222 valence electrons. The summed E-state index contributed by atoms with van der Waals surface area (Å²) in [5, 5.41) is 3.04. The average Bonchev–Trinajstić information content (AvgIpc) is 3.37. The number of carbonyl (C=O) groups is 3. The van der Waals surface area contributed by atoms with Gasteiger partial charge in [0.2, 0.25) is 17.7 Å². The molecule has 10 nitrogen and oxygen atoms in total. The molecule has 0 radical (unpaired) electrons. The number of methoxy groups -OCH3 is 2. The van der Waals surface area contributed by atoms with Crippen molar-refractivity contribution in [2.45, 2.75) is 38.0 Å². The molecule has 11 heteroatoms. The molecule has 4 bridgehead atoms. The minimum absolute atomic E-state index is 0.0334. The molecule has 0 aliphatic carbocycles. The SMILES string of the molecule is COCCN1CC(=O)N[C@H]2CN(C(=O)CCSC)C[C@@H]2OCc2cccc(c2)Oc2cc(ccc2OC)CCC1=O. The summed E-state index contributed by atoms with van der Waals surface area (Å²) >= 11 is 1.62. The van der Waals surface area contributed by atoms with Crippen molar-refractivity contribution in [2.24, 2.45) is 0 Å². The number of hydrogen-bond donors (Lipinski definition) is 1. The molecule has 0 aromatic heterocycles. The molecule has 2 aromatic rings. The van der Waals surface area contributed by atoms with Gasteiger partial charge in [-0.15, -0.1) is 0 Å². The summed E-state index contributed by atoms with van der Waals surface area (Å²) in [6, 6.07) is 12.8. The highest BCUT2D eigenvalue weighted by Gasteiger charge is 2.37. The number of ether oxygens (including phenoxy) is 4. The second-order valence-electron chi connectivity index (χ2n) is 10.1. The molecule has 41 heavy (non-hydrogen) atoms. The zero-order valence-corrected chi connectivity index (χ0v) is 24.7. The summed E-state index contributed by atoms with van der Waals surface area (Å²) in [5.74, 6) is 2.05. The van der Waals surface area contributed by atoms with E-state index in [4.69, 9.17) is 18.9 Å². The monoisotopic (exact) mass is 585 g/mol. The second kappa shape index (κ2) is 15.1. The molecule has 1 N–H and O–H groups in total. The van der Waals surface area contributed by atoms with E-state index in [9.17, 15) is 14.4 Å². The fourth-order valence-electron chi connectivity index (χ4n) is 4.95. The van der Waals surface area contributed by atoms with E-state index in [0.29, 0.717) is 49.8 Å². The third kappa shape index (κ3) is 8.61. The Labute approximate surface area is 245 Å². The Bertz CT molecular complexity index is 1210. The van der Waals surface area contributed by atoms with Gasteiger partial charge in [0.1, 0.15) is 5.75 Å². The van der Waals surface area contributed by atoms with E-state index in [1.165, 1.54) is 4.90 Å². The number of benzene rings is 2. The zero-order chi connectivity index (χ0) is 29.2. The van der Waals surface area contributed by atoms with Crippen LogP contribution < -0.4 is 14.8 Å². The molecule has 3 amide bonds. The Balaban J connectivity index is 1.61.